The minimum absolute atomic E-state index is 0.222. The quantitative estimate of drug-likeness (QED) is 0.557. The molecule has 0 aromatic carbocycles. The maximum Gasteiger partial charge on any atom is 0.0125 e. The SMILES string of the molecule is CC.CC.CC1(N)CCC1. The molecule has 0 amide bonds. The molecule has 0 unspecified atom stereocenters. The van der Waals surface area contributed by atoms with Crippen molar-refractivity contribution in [1.82, 2.24) is 0 Å². The van der Waals surface area contributed by atoms with E-state index in [1.165, 1.54) is 19.3 Å². The average Bonchev–Trinajstić information content (AvgIpc) is 1.94. The van der Waals surface area contributed by atoms with Crippen LogP contribution in [0.1, 0.15) is 53.9 Å². The van der Waals surface area contributed by atoms with E-state index in [-0.39, 0.29) is 5.54 Å². The van der Waals surface area contributed by atoms with Crippen molar-refractivity contribution in [2.75, 3.05) is 0 Å². The van der Waals surface area contributed by atoms with Crippen molar-refractivity contribution < 1.29 is 0 Å². The molecular formula is C9H23N. The summed E-state index contributed by atoms with van der Waals surface area (Å²) in [6.45, 7) is 10.1. The molecule has 10 heavy (non-hydrogen) atoms. The Morgan fingerprint density at radius 2 is 1.20 bits per heavy atom. The molecule has 0 bridgehead atoms. The van der Waals surface area contributed by atoms with E-state index >= 15 is 0 Å². The maximum atomic E-state index is 5.62. The third-order valence-corrected chi connectivity index (χ3v) is 1.50. The fourth-order valence-electron chi connectivity index (χ4n) is 0.734. The van der Waals surface area contributed by atoms with E-state index in [0.717, 1.165) is 0 Å². The minimum atomic E-state index is 0.222. The fraction of sp³-hybridized carbons (Fsp3) is 1.00. The molecule has 0 spiro atoms. The molecule has 1 fully saturated rings. The molecule has 2 N–H and O–H groups in total. The summed E-state index contributed by atoms with van der Waals surface area (Å²) in [5, 5.41) is 0. The first kappa shape index (κ1) is 12.6. The van der Waals surface area contributed by atoms with Gasteiger partial charge >= 0.3 is 0 Å². The molecule has 0 heterocycles. The van der Waals surface area contributed by atoms with Crippen molar-refractivity contribution in [3.05, 3.63) is 0 Å². The van der Waals surface area contributed by atoms with Gasteiger partial charge in [0, 0.05) is 5.54 Å². The fourth-order valence-corrected chi connectivity index (χ4v) is 0.734. The Kier molecular flexibility index (Phi) is 8.92. The van der Waals surface area contributed by atoms with Crippen LogP contribution in [0, 0.1) is 0 Å². The highest BCUT2D eigenvalue weighted by atomic mass is 14.7. The maximum absolute atomic E-state index is 5.62. The first-order chi connectivity index (χ1) is 4.71. The van der Waals surface area contributed by atoms with Crippen LogP contribution in [0.15, 0.2) is 0 Å². The predicted molar refractivity (Wildman–Crippen MR) is 49.1 cm³/mol. The number of rotatable bonds is 0. The van der Waals surface area contributed by atoms with Crippen LogP contribution in [0.3, 0.4) is 0 Å². The van der Waals surface area contributed by atoms with Crippen LogP contribution in [0.25, 0.3) is 0 Å². The second-order valence-corrected chi connectivity index (χ2v) is 2.51. The highest BCUT2D eigenvalue weighted by Crippen LogP contribution is 2.27. The number of nitrogens with two attached hydrogens (primary N) is 1. The van der Waals surface area contributed by atoms with Crippen LogP contribution in [0.2, 0.25) is 0 Å². The van der Waals surface area contributed by atoms with Gasteiger partial charge in [0.2, 0.25) is 0 Å². The summed E-state index contributed by atoms with van der Waals surface area (Å²) in [6.07, 6.45) is 3.80. The second kappa shape index (κ2) is 7.07. The highest BCUT2D eigenvalue weighted by molar-refractivity contribution is 4.86. The summed E-state index contributed by atoms with van der Waals surface area (Å²) in [5.41, 5.74) is 5.84. The van der Waals surface area contributed by atoms with Crippen molar-refractivity contribution in [1.29, 1.82) is 0 Å². The van der Waals surface area contributed by atoms with Crippen LogP contribution >= 0.6 is 0 Å². The molecule has 0 aromatic rings. The van der Waals surface area contributed by atoms with Gasteiger partial charge in [-0.3, -0.25) is 0 Å². The Morgan fingerprint density at radius 1 is 1.00 bits per heavy atom. The monoisotopic (exact) mass is 145 g/mol. The number of hydrogen-bond donors (Lipinski definition) is 1. The predicted octanol–water partition coefficient (Wildman–Crippen LogP) is 2.94. The van der Waals surface area contributed by atoms with E-state index in [0.29, 0.717) is 0 Å². The Morgan fingerprint density at radius 3 is 1.20 bits per heavy atom. The molecule has 0 atom stereocenters. The van der Waals surface area contributed by atoms with Crippen LogP contribution in [0.4, 0.5) is 0 Å². The smallest absolute Gasteiger partial charge is 0.0125 e. The van der Waals surface area contributed by atoms with E-state index in [9.17, 15) is 0 Å². The molecule has 0 radical (unpaired) electrons. The molecule has 0 saturated heterocycles. The first-order valence-electron chi connectivity index (χ1n) is 4.50. The summed E-state index contributed by atoms with van der Waals surface area (Å²) in [6, 6.07) is 0. The van der Waals surface area contributed by atoms with Crippen LogP contribution in [-0.4, -0.2) is 5.54 Å². The Hall–Kier alpha value is -0.0400. The summed E-state index contributed by atoms with van der Waals surface area (Å²) in [4.78, 5) is 0. The molecule has 1 heteroatoms. The van der Waals surface area contributed by atoms with E-state index in [1.807, 2.05) is 27.7 Å². The number of hydrogen-bond acceptors (Lipinski definition) is 1. The Bertz CT molecular complexity index is 51.7. The van der Waals surface area contributed by atoms with Crippen molar-refractivity contribution in [3.63, 3.8) is 0 Å². The van der Waals surface area contributed by atoms with Crippen LogP contribution < -0.4 is 5.73 Å². The Labute approximate surface area is 66.0 Å². The van der Waals surface area contributed by atoms with E-state index in [4.69, 9.17) is 5.73 Å². The molecule has 0 aliphatic heterocycles. The van der Waals surface area contributed by atoms with Gasteiger partial charge in [-0.1, -0.05) is 27.7 Å². The summed E-state index contributed by atoms with van der Waals surface area (Å²) in [5.74, 6) is 0. The zero-order valence-electron chi connectivity index (χ0n) is 8.20. The van der Waals surface area contributed by atoms with Gasteiger partial charge in [0.1, 0.15) is 0 Å². The molecule has 1 rings (SSSR count). The van der Waals surface area contributed by atoms with Gasteiger partial charge < -0.3 is 5.73 Å². The highest BCUT2D eigenvalue weighted by Gasteiger charge is 2.25. The summed E-state index contributed by atoms with van der Waals surface area (Å²) in [7, 11) is 0. The zero-order valence-corrected chi connectivity index (χ0v) is 8.20. The average molecular weight is 145 g/mol. The van der Waals surface area contributed by atoms with Crippen LogP contribution in [0.5, 0.6) is 0 Å². The standard InChI is InChI=1S/C5H11N.2C2H6/c1-5(6)3-2-4-5;2*1-2/h2-4,6H2,1H3;2*1-2H3. The zero-order chi connectivity index (χ0) is 8.62. The van der Waals surface area contributed by atoms with Crippen LogP contribution in [-0.2, 0) is 0 Å². The van der Waals surface area contributed by atoms with Crippen molar-refractivity contribution in [2.45, 2.75) is 59.4 Å². The van der Waals surface area contributed by atoms with Gasteiger partial charge in [-0.15, -0.1) is 0 Å². The molecule has 1 aliphatic carbocycles. The second-order valence-electron chi connectivity index (χ2n) is 2.51. The minimum Gasteiger partial charge on any atom is -0.325 e. The largest absolute Gasteiger partial charge is 0.325 e. The lowest BCUT2D eigenvalue weighted by Gasteiger charge is -2.33. The van der Waals surface area contributed by atoms with Crippen molar-refractivity contribution >= 4 is 0 Å². The summed E-state index contributed by atoms with van der Waals surface area (Å²) >= 11 is 0. The van der Waals surface area contributed by atoms with Gasteiger partial charge in [-0.25, -0.2) is 0 Å². The third-order valence-electron chi connectivity index (χ3n) is 1.50. The van der Waals surface area contributed by atoms with Gasteiger partial charge in [0.25, 0.3) is 0 Å². The van der Waals surface area contributed by atoms with Gasteiger partial charge in [-0.2, -0.15) is 0 Å². The molecular weight excluding hydrogens is 122 g/mol. The van der Waals surface area contributed by atoms with Crippen molar-refractivity contribution in [2.24, 2.45) is 5.73 Å². The third kappa shape index (κ3) is 6.09. The summed E-state index contributed by atoms with van der Waals surface area (Å²) < 4.78 is 0. The van der Waals surface area contributed by atoms with Gasteiger partial charge in [0.15, 0.2) is 0 Å². The lowest BCUT2D eigenvalue weighted by atomic mass is 9.80. The van der Waals surface area contributed by atoms with E-state index in [1.54, 1.807) is 0 Å². The Balaban J connectivity index is 0. The van der Waals surface area contributed by atoms with Gasteiger partial charge in [0.05, 0.1) is 0 Å². The molecule has 64 valence electrons. The normalized spacial score (nSPS) is 18.6. The lowest BCUT2D eigenvalue weighted by molar-refractivity contribution is 0.277. The molecule has 1 saturated carbocycles. The van der Waals surface area contributed by atoms with Crippen molar-refractivity contribution in [3.8, 4) is 0 Å². The molecule has 0 aromatic heterocycles. The first-order valence-corrected chi connectivity index (χ1v) is 4.50. The molecule has 1 nitrogen and oxygen atoms in total. The lowest BCUT2D eigenvalue weighted by Crippen LogP contribution is -2.42. The topological polar surface area (TPSA) is 26.0 Å². The van der Waals surface area contributed by atoms with E-state index < -0.39 is 0 Å². The molecule has 1 aliphatic rings. The van der Waals surface area contributed by atoms with E-state index in [2.05, 4.69) is 6.92 Å². The van der Waals surface area contributed by atoms with Gasteiger partial charge in [-0.05, 0) is 26.2 Å².